The van der Waals surface area contributed by atoms with E-state index in [9.17, 15) is 0 Å². The second kappa shape index (κ2) is 4.53. The number of aryl methyl sites for hydroxylation is 2. The van der Waals surface area contributed by atoms with Crippen molar-refractivity contribution in [2.24, 2.45) is 7.05 Å². The van der Waals surface area contributed by atoms with E-state index in [2.05, 4.69) is 18.4 Å². The molecule has 0 spiro atoms. The number of fused-ring (bicyclic) bond motifs is 1. The Balaban J connectivity index is 2.32. The second-order valence-corrected chi connectivity index (χ2v) is 5.57. The predicted molar refractivity (Wildman–Crippen MR) is 85.0 cm³/mol. The molecule has 0 atom stereocenters. The molecule has 2 N–H and O–H groups in total. The summed E-state index contributed by atoms with van der Waals surface area (Å²) in [5, 5.41) is 0.697. The molecule has 3 nitrogen and oxygen atoms in total. The number of halogens is 1. The lowest BCUT2D eigenvalue weighted by molar-refractivity contribution is 0.957. The van der Waals surface area contributed by atoms with Gasteiger partial charge in [0.25, 0.3) is 0 Å². The van der Waals surface area contributed by atoms with Gasteiger partial charge >= 0.3 is 0 Å². The quantitative estimate of drug-likeness (QED) is 0.684. The minimum atomic E-state index is 0.697. The molecular weight excluding hydrogens is 270 g/mol. The number of nitrogens with zero attached hydrogens (tertiary/aromatic N) is 2. The molecular formula is C16H16ClN3. The Hall–Kier alpha value is -2.00. The average molecular weight is 286 g/mol. The lowest BCUT2D eigenvalue weighted by Crippen LogP contribution is -1.98. The van der Waals surface area contributed by atoms with Crippen molar-refractivity contribution in [2.45, 2.75) is 13.8 Å². The highest BCUT2D eigenvalue weighted by molar-refractivity contribution is 6.31. The van der Waals surface area contributed by atoms with Crippen LogP contribution in [-0.4, -0.2) is 9.55 Å². The van der Waals surface area contributed by atoms with Gasteiger partial charge in [0.2, 0.25) is 0 Å². The van der Waals surface area contributed by atoms with Crippen molar-refractivity contribution in [3.63, 3.8) is 0 Å². The first kappa shape index (κ1) is 13.0. The number of hydrogen-bond donors (Lipinski definition) is 1. The van der Waals surface area contributed by atoms with E-state index in [-0.39, 0.29) is 0 Å². The van der Waals surface area contributed by atoms with Crippen LogP contribution < -0.4 is 5.73 Å². The largest absolute Gasteiger partial charge is 0.399 e. The van der Waals surface area contributed by atoms with Gasteiger partial charge in [0.1, 0.15) is 5.82 Å². The molecule has 3 aromatic rings. The van der Waals surface area contributed by atoms with Crippen molar-refractivity contribution in [1.82, 2.24) is 9.55 Å². The summed E-state index contributed by atoms with van der Waals surface area (Å²) < 4.78 is 2.08. The van der Waals surface area contributed by atoms with Gasteiger partial charge in [0.15, 0.2) is 0 Å². The van der Waals surface area contributed by atoms with Crippen molar-refractivity contribution in [1.29, 1.82) is 0 Å². The zero-order chi connectivity index (χ0) is 14.4. The van der Waals surface area contributed by atoms with E-state index < -0.39 is 0 Å². The third-order valence-corrected chi connectivity index (χ3v) is 4.01. The van der Waals surface area contributed by atoms with Gasteiger partial charge in [-0.1, -0.05) is 11.6 Å². The summed E-state index contributed by atoms with van der Waals surface area (Å²) in [6.45, 7) is 4.16. The fourth-order valence-corrected chi connectivity index (χ4v) is 2.70. The van der Waals surface area contributed by atoms with E-state index in [4.69, 9.17) is 22.3 Å². The maximum Gasteiger partial charge on any atom is 0.141 e. The van der Waals surface area contributed by atoms with Crippen molar-refractivity contribution in [3.8, 4) is 11.4 Å². The van der Waals surface area contributed by atoms with Crippen LogP contribution in [0.25, 0.3) is 22.4 Å². The van der Waals surface area contributed by atoms with E-state index in [1.54, 1.807) is 0 Å². The van der Waals surface area contributed by atoms with Crippen LogP contribution in [0.3, 0.4) is 0 Å². The Labute approximate surface area is 123 Å². The first-order chi connectivity index (χ1) is 9.47. The molecule has 0 aliphatic rings. The topological polar surface area (TPSA) is 43.8 Å². The van der Waals surface area contributed by atoms with Gasteiger partial charge in [0, 0.05) is 23.3 Å². The Morgan fingerprint density at radius 3 is 2.65 bits per heavy atom. The first-order valence-electron chi connectivity index (χ1n) is 6.46. The van der Waals surface area contributed by atoms with Crippen molar-refractivity contribution >= 4 is 28.3 Å². The van der Waals surface area contributed by atoms with Crippen LogP contribution in [0.5, 0.6) is 0 Å². The molecule has 102 valence electrons. The van der Waals surface area contributed by atoms with Crippen LogP contribution in [-0.2, 0) is 7.05 Å². The molecule has 3 rings (SSSR count). The summed E-state index contributed by atoms with van der Waals surface area (Å²) in [6.07, 6.45) is 0. The van der Waals surface area contributed by atoms with E-state index in [0.29, 0.717) is 5.02 Å². The Kier molecular flexibility index (Phi) is 2.94. The number of aromatic nitrogens is 2. The molecule has 0 bridgehead atoms. The van der Waals surface area contributed by atoms with E-state index in [1.807, 2.05) is 37.4 Å². The van der Waals surface area contributed by atoms with Crippen LogP contribution in [0.2, 0.25) is 5.02 Å². The highest BCUT2D eigenvalue weighted by Crippen LogP contribution is 2.30. The van der Waals surface area contributed by atoms with E-state index in [1.165, 1.54) is 11.1 Å². The Morgan fingerprint density at radius 1 is 1.15 bits per heavy atom. The molecule has 0 unspecified atom stereocenters. The van der Waals surface area contributed by atoms with Gasteiger partial charge in [-0.15, -0.1) is 0 Å². The number of benzene rings is 2. The summed E-state index contributed by atoms with van der Waals surface area (Å²) in [5.41, 5.74) is 12.1. The van der Waals surface area contributed by atoms with Gasteiger partial charge in [-0.05, 0) is 55.3 Å². The number of nitrogen functional groups attached to an aromatic ring is 1. The molecule has 0 aliphatic heterocycles. The smallest absolute Gasteiger partial charge is 0.141 e. The number of nitrogens with two attached hydrogens (primary N) is 1. The zero-order valence-electron chi connectivity index (χ0n) is 11.7. The van der Waals surface area contributed by atoms with Crippen LogP contribution in [0.15, 0.2) is 30.3 Å². The fourth-order valence-electron chi connectivity index (χ4n) is 2.53. The van der Waals surface area contributed by atoms with E-state index >= 15 is 0 Å². The lowest BCUT2D eigenvalue weighted by Gasteiger charge is -2.10. The molecule has 1 aromatic heterocycles. The summed E-state index contributed by atoms with van der Waals surface area (Å²) in [7, 11) is 2.01. The molecule has 4 heteroatoms. The number of imidazole rings is 1. The normalized spacial score (nSPS) is 11.2. The van der Waals surface area contributed by atoms with Gasteiger partial charge < -0.3 is 10.3 Å². The standard InChI is InChI=1S/C16H16ClN3/c1-9-6-12(18)8-13(10(9)2)16-19-14-7-11(17)4-5-15(14)20(16)3/h4-8H,18H2,1-3H3. The number of rotatable bonds is 1. The highest BCUT2D eigenvalue weighted by Gasteiger charge is 2.13. The molecule has 0 fully saturated rings. The summed E-state index contributed by atoms with van der Waals surface area (Å²) in [6, 6.07) is 9.72. The van der Waals surface area contributed by atoms with Crippen molar-refractivity contribution in [2.75, 3.05) is 5.73 Å². The Bertz CT molecular complexity index is 818. The molecule has 0 amide bonds. The van der Waals surface area contributed by atoms with Crippen LogP contribution in [0.1, 0.15) is 11.1 Å². The van der Waals surface area contributed by atoms with Crippen LogP contribution in [0.4, 0.5) is 5.69 Å². The van der Waals surface area contributed by atoms with Crippen LogP contribution >= 0.6 is 11.6 Å². The SMILES string of the molecule is Cc1cc(N)cc(-c2nc3cc(Cl)ccc3n2C)c1C. The number of hydrogen-bond acceptors (Lipinski definition) is 2. The molecule has 0 radical (unpaired) electrons. The molecule has 0 saturated heterocycles. The lowest BCUT2D eigenvalue weighted by atomic mass is 10.0. The third kappa shape index (κ3) is 1.95. The summed E-state index contributed by atoms with van der Waals surface area (Å²) >= 11 is 6.04. The first-order valence-corrected chi connectivity index (χ1v) is 6.84. The van der Waals surface area contributed by atoms with Gasteiger partial charge in [0.05, 0.1) is 11.0 Å². The minimum Gasteiger partial charge on any atom is -0.399 e. The highest BCUT2D eigenvalue weighted by atomic mass is 35.5. The van der Waals surface area contributed by atoms with Crippen molar-refractivity contribution in [3.05, 3.63) is 46.5 Å². The Morgan fingerprint density at radius 2 is 1.90 bits per heavy atom. The van der Waals surface area contributed by atoms with Gasteiger partial charge in [-0.2, -0.15) is 0 Å². The zero-order valence-corrected chi connectivity index (χ0v) is 12.5. The average Bonchev–Trinajstić information content (AvgIpc) is 2.70. The van der Waals surface area contributed by atoms with Crippen LogP contribution in [0, 0.1) is 13.8 Å². The molecule has 0 aliphatic carbocycles. The van der Waals surface area contributed by atoms with E-state index in [0.717, 1.165) is 28.1 Å². The second-order valence-electron chi connectivity index (χ2n) is 5.14. The van der Waals surface area contributed by atoms with Gasteiger partial charge in [-0.25, -0.2) is 4.98 Å². The molecule has 20 heavy (non-hydrogen) atoms. The summed E-state index contributed by atoms with van der Waals surface area (Å²) in [4.78, 5) is 4.71. The number of anilines is 1. The molecule has 2 aromatic carbocycles. The van der Waals surface area contributed by atoms with Crippen molar-refractivity contribution < 1.29 is 0 Å². The predicted octanol–water partition coefficient (Wildman–Crippen LogP) is 4.09. The fraction of sp³-hybridized carbons (Fsp3) is 0.188. The van der Waals surface area contributed by atoms with Gasteiger partial charge in [-0.3, -0.25) is 0 Å². The molecule has 1 heterocycles. The third-order valence-electron chi connectivity index (χ3n) is 3.77. The monoisotopic (exact) mass is 285 g/mol. The minimum absolute atomic E-state index is 0.697. The maximum absolute atomic E-state index is 6.04. The summed E-state index contributed by atoms with van der Waals surface area (Å²) in [5.74, 6) is 0.912. The molecule has 0 saturated carbocycles. The maximum atomic E-state index is 6.04.